The molecule has 0 unspecified atom stereocenters. The number of carbonyl (C=O) groups is 2. The van der Waals surface area contributed by atoms with Gasteiger partial charge in [-0.05, 0) is 12.8 Å². The fourth-order valence-electron chi connectivity index (χ4n) is 1.63. The maximum atomic E-state index is 11.6. The number of carboxylic acid groups (broad SMARTS) is 1. The summed E-state index contributed by atoms with van der Waals surface area (Å²) < 4.78 is 9.90. The third-order valence-corrected chi connectivity index (χ3v) is 2.52. The molecule has 0 aromatic carbocycles. The molecule has 2 atom stereocenters. The first-order valence-corrected chi connectivity index (χ1v) is 5.22. The highest BCUT2D eigenvalue weighted by Gasteiger charge is 2.34. The zero-order valence-corrected chi connectivity index (χ0v) is 8.96. The number of aliphatic carboxylic acids is 1. The topological polar surface area (TPSA) is 102 Å². The molecular formula is C10H12N2O5. The zero-order valence-electron chi connectivity index (χ0n) is 8.96. The van der Waals surface area contributed by atoms with Crippen molar-refractivity contribution in [2.75, 3.05) is 0 Å². The Labute approximate surface area is 96.7 Å². The van der Waals surface area contributed by atoms with Gasteiger partial charge in [0, 0.05) is 6.07 Å². The molecule has 1 amide bonds. The molecule has 0 radical (unpaired) electrons. The fourth-order valence-corrected chi connectivity index (χ4v) is 1.63. The second-order valence-electron chi connectivity index (χ2n) is 3.73. The summed E-state index contributed by atoms with van der Waals surface area (Å²) in [6.45, 7) is 0.219. The lowest BCUT2D eigenvalue weighted by molar-refractivity contribution is -0.151. The number of amides is 1. The summed E-state index contributed by atoms with van der Waals surface area (Å²) in [5.41, 5.74) is 0. The Morgan fingerprint density at radius 3 is 2.82 bits per heavy atom. The van der Waals surface area contributed by atoms with Gasteiger partial charge < -0.3 is 19.7 Å². The van der Waals surface area contributed by atoms with Crippen molar-refractivity contribution >= 4 is 11.9 Å². The third-order valence-electron chi connectivity index (χ3n) is 2.52. The van der Waals surface area contributed by atoms with Gasteiger partial charge in [-0.1, -0.05) is 5.16 Å². The van der Waals surface area contributed by atoms with Crippen LogP contribution in [0, 0.1) is 0 Å². The summed E-state index contributed by atoms with van der Waals surface area (Å²) in [4.78, 5) is 22.3. The molecule has 1 aromatic rings. The van der Waals surface area contributed by atoms with E-state index in [2.05, 4.69) is 10.5 Å². The van der Waals surface area contributed by atoms with Gasteiger partial charge in [-0.2, -0.15) is 0 Å². The molecule has 1 aliphatic rings. The van der Waals surface area contributed by atoms with E-state index in [4.69, 9.17) is 14.4 Å². The van der Waals surface area contributed by atoms with Crippen LogP contribution in [0.15, 0.2) is 16.8 Å². The lowest BCUT2D eigenvalue weighted by atomic mass is 10.2. The SMILES string of the molecule is O=C(NCc1ccno1)[C@@H]1CC[C@H](C(=O)O)O1. The van der Waals surface area contributed by atoms with Gasteiger partial charge in [-0.15, -0.1) is 0 Å². The van der Waals surface area contributed by atoms with E-state index < -0.39 is 18.2 Å². The number of nitrogens with zero attached hydrogens (tertiary/aromatic N) is 1. The number of nitrogens with one attached hydrogen (secondary N) is 1. The molecule has 92 valence electrons. The summed E-state index contributed by atoms with van der Waals surface area (Å²) in [5.74, 6) is -0.827. The summed E-state index contributed by atoms with van der Waals surface area (Å²) in [5, 5.41) is 14.8. The Kier molecular flexibility index (Phi) is 3.38. The first-order valence-electron chi connectivity index (χ1n) is 5.22. The summed E-state index contributed by atoms with van der Waals surface area (Å²) >= 11 is 0. The van der Waals surface area contributed by atoms with Gasteiger partial charge in [0.15, 0.2) is 11.9 Å². The number of aromatic nitrogens is 1. The van der Waals surface area contributed by atoms with Gasteiger partial charge in [0.25, 0.3) is 0 Å². The van der Waals surface area contributed by atoms with Crippen molar-refractivity contribution in [1.29, 1.82) is 0 Å². The maximum Gasteiger partial charge on any atom is 0.332 e. The molecule has 1 aromatic heterocycles. The van der Waals surface area contributed by atoms with Crippen LogP contribution in [0.2, 0.25) is 0 Å². The van der Waals surface area contributed by atoms with E-state index in [0.717, 1.165) is 0 Å². The van der Waals surface area contributed by atoms with Crippen LogP contribution in [0.5, 0.6) is 0 Å². The Morgan fingerprint density at radius 2 is 2.24 bits per heavy atom. The minimum atomic E-state index is -1.03. The zero-order chi connectivity index (χ0) is 12.3. The van der Waals surface area contributed by atoms with Gasteiger partial charge >= 0.3 is 5.97 Å². The molecule has 1 fully saturated rings. The van der Waals surface area contributed by atoms with E-state index in [9.17, 15) is 9.59 Å². The molecule has 0 saturated carbocycles. The van der Waals surface area contributed by atoms with Crippen molar-refractivity contribution in [3.8, 4) is 0 Å². The molecule has 7 nitrogen and oxygen atoms in total. The van der Waals surface area contributed by atoms with Crippen LogP contribution < -0.4 is 5.32 Å². The van der Waals surface area contributed by atoms with Crippen molar-refractivity contribution in [3.63, 3.8) is 0 Å². The highest BCUT2D eigenvalue weighted by atomic mass is 16.5. The van der Waals surface area contributed by atoms with Crippen LogP contribution in [0.1, 0.15) is 18.6 Å². The Bertz CT molecular complexity index is 403. The standard InChI is InChI=1S/C10H12N2O5/c13-9(11-5-6-3-4-12-17-6)7-1-2-8(16-7)10(14)15/h3-4,7-8H,1-2,5H2,(H,11,13)(H,14,15)/t7-,8+/m0/s1. The van der Waals surface area contributed by atoms with Crippen LogP contribution in [0.4, 0.5) is 0 Å². The number of rotatable bonds is 4. The molecule has 0 bridgehead atoms. The van der Waals surface area contributed by atoms with Crippen molar-refractivity contribution in [3.05, 3.63) is 18.0 Å². The summed E-state index contributed by atoms with van der Waals surface area (Å²) in [6, 6.07) is 1.63. The van der Waals surface area contributed by atoms with Crippen LogP contribution in [0.25, 0.3) is 0 Å². The van der Waals surface area contributed by atoms with Crippen molar-refractivity contribution in [2.24, 2.45) is 0 Å². The largest absolute Gasteiger partial charge is 0.479 e. The van der Waals surface area contributed by atoms with E-state index in [1.165, 1.54) is 6.20 Å². The van der Waals surface area contributed by atoms with E-state index in [1.54, 1.807) is 6.07 Å². The quantitative estimate of drug-likeness (QED) is 0.763. The second kappa shape index (κ2) is 4.96. The van der Waals surface area contributed by atoms with E-state index in [1.807, 2.05) is 0 Å². The number of carboxylic acids is 1. The first-order chi connectivity index (χ1) is 8.16. The van der Waals surface area contributed by atoms with Crippen LogP contribution in [-0.2, 0) is 20.9 Å². The van der Waals surface area contributed by atoms with Crippen LogP contribution in [0.3, 0.4) is 0 Å². The second-order valence-corrected chi connectivity index (χ2v) is 3.73. The minimum absolute atomic E-state index is 0.219. The molecule has 2 N–H and O–H groups in total. The van der Waals surface area contributed by atoms with Gasteiger partial charge in [0.1, 0.15) is 6.10 Å². The number of carbonyl (C=O) groups excluding carboxylic acids is 1. The molecule has 2 heterocycles. The van der Waals surface area contributed by atoms with Gasteiger partial charge in [-0.25, -0.2) is 4.79 Å². The molecule has 2 rings (SSSR count). The molecule has 0 spiro atoms. The maximum absolute atomic E-state index is 11.6. The van der Waals surface area contributed by atoms with Crippen molar-refractivity contribution in [1.82, 2.24) is 10.5 Å². The lowest BCUT2D eigenvalue weighted by Crippen LogP contribution is -2.35. The van der Waals surface area contributed by atoms with Crippen molar-refractivity contribution < 1.29 is 24.0 Å². The predicted molar refractivity (Wildman–Crippen MR) is 53.9 cm³/mol. The van der Waals surface area contributed by atoms with Crippen molar-refractivity contribution in [2.45, 2.75) is 31.6 Å². The summed E-state index contributed by atoms with van der Waals surface area (Å²) in [6.07, 6.45) is 0.679. The van der Waals surface area contributed by atoms with Crippen LogP contribution in [-0.4, -0.2) is 34.3 Å². The molecule has 0 aliphatic carbocycles. The van der Waals surface area contributed by atoms with E-state index in [0.29, 0.717) is 18.6 Å². The molecule has 17 heavy (non-hydrogen) atoms. The Hall–Kier alpha value is -1.89. The van der Waals surface area contributed by atoms with E-state index in [-0.39, 0.29) is 12.5 Å². The van der Waals surface area contributed by atoms with Crippen LogP contribution >= 0.6 is 0 Å². The minimum Gasteiger partial charge on any atom is -0.479 e. The molecule has 7 heteroatoms. The highest BCUT2D eigenvalue weighted by molar-refractivity contribution is 5.82. The fraction of sp³-hybridized carbons (Fsp3) is 0.500. The number of hydrogen-bond acceptors (Lipinski definition) is 5. The normalized spacial score (nSPS) is 23.5. The van der Waals surface area contributed by atoms with Gasteiger partial charge in [-0.3, -0.25) is 4.79 Å². The molecule has 1 aliphatic heterocycles. The van der Waals surface area contributed by atoms with Gasteiger partial charge in [0.05, 0.1) is 12.7 Å². The number of hydrogen-bond donors (Lipinski definition) is 2. The summed E-state index contributed by atoms with van der Waals surface area (Å²) in [7, 11) is 0. The van der Waals surface area contributed by atoms with E-state index >= 15 is 0 Å². The average molecular weight is 240 g/mol. The Morgan fingerprint density at radius 1 is 1.47 bits per heavy atom. The monoisotopic (exact) mass is 240 g/mol. The smallest absolute Gasteiger partial charge is 0.332 e. The Balaban J connectivity index is 1.79. The highest BCUT2D eigenvalue weighted by Crippen LogP contribution is 2.19. The number of ether oxygens (including phenoxy) is 1. The molecular weight excluding hydrogens is 228 g/mol. The average Bonchev–Trinajstić information content (AvgIpc) is 2.96. The third kappa shape index (κ3) is 2.82. The van der Waals surface area contributed by atoms with Gasteiger partial charge in [0.2, 0.25) is 5.91 Å². The first kappa shape index (κ1) is 11.6. The molecule has 1 saturated heterocycles. The predicted octanol–water partition coefficient (Wildman–Crippen LogP) is -0.0770. The lowest BCUT2D eigenvalue weighted by Gasteiger charge is -2.10.